The summed E-state index contributed by atoms with van der Waals surface area (Å²) in [6.45, 7) is 15.4. The van der Waals surface area contributed by atoms with E-state index in [1.807, 2.05) is 19.2 Å². The van der Waals surface area contributed by atoms with Crippen LogP contribution in [-0.2, 0) is 10.8 Å². The first-order valence-electron chi connectivity index (χ1n) is 11.7. The molecule has 2 heteroatoms. The Kier molecular flexibility index (Phi) is 7.48. The van der Waals surface area contributed by atoms with E-state index in [9.17, 15) is 0 Å². The molecule has 1 aromatic heterocycles. The lowest BCUT2D eigenvalue weighted by atomic mass is 9.87. The lowest BCUT2D eigenvalue weighted by molar-refractivity contribution is -0.595. The van der Waals surface area contributed by atoms with E-state index in [0.717, 1.165) is 16.8 Å². The summed E-state index contributed by atoms with van der Waals surface area (Å²) in [5.74, 6) is 0. The topological polar surface area (TPSA) is 16.2 Å². The van der Waals surface area contributed by atoms with Crippen LogP contribution in [0.15, 0.2) is 96.3 Å². The first-order valence-corrected chi connectivity index (χ1v) is 11.7. The van der Waals surface area contributed by atoms with Crippen molar-refractivity contribution in [3.63, 3.8) is 0 Å². The molecule has 0 N–H and O–H groups in total. The van der Waals surface area contributed by atoms with E-state index >= 15 is 0 Å². The van der Waals surface area contributed by atoms with Gasteiger partial charge in [-0.2, -0.15) is 4.57 Å². The average Bonchev–Trinajstić information content (AvgIpc) is 2.78. The van der Waals surface area contributed by atoms with Gasteiger partial charge in [-0.15, -0.1) is 0 Å². The summed E-state index contributed by atoms with van der Waals surface area (Å²) in [5, 5.41) is 0. The van der Waals surface area contributed by atoms with Gasteiger partial charge >= 0.3 is 0 Å². The van der Waals surface area contributed by atoms with E-state index in [-0.39, 0.29) is 10.8 Å². The molecule has 0 fully saturated rings. The van der Waals surface area contributed by atoms with E-state index in [1.165, 1.54) is 16.8 Å². The second-order valence-corrected chi connectivity index (χ2v) is 10.5. The number of benzene rings is 2. The highest BCUT2D eigenvalue weighted by molar-refractivity contribution is 5.89. The third-order valence-corrected chi connectivity index (χ3v) is 5.71. The minimum atomic E-state index is 0.114. The third-order valence-electron chi connectivity index (χ3n) is 5.71. The lowest BCUT2D eigenvalue weighted by Crippen LogP contribution is -2.30. The Labute approximate surface area is 200 Å². The number of aromatic nitrogens is 1. The standard InChI is InChI=1S/C31H37N2/c1-8-11-24(16-19-32-28-14-9-12-26(22-28)30(2,3)4)25-17-20-33(21-18-25)29-15-10-13-27(23-29)31(5,6)7/h8-23H,1-7H3/q+1/b11-8-,24-16+,32-19+. The van der Waals surface area contributed by atoms with Crippen molar-refractivity contribution < 1.29 is 4.57 Å². The van der Waals surface area contributed by atoms with Gasteiger partial charge in [-0.05, 0) is 58.2 Å². The number of pyridine rings is 1. The SMILES string of the molecule is C\C=C/C(=C\C=N\c1cccc(C(C)(C)C)c1)c1cc[n+](-c2cccc(C(C)(C)C)c2)cc1. The minimum Gasteiger partial charge on any atom is -0.257 e. The second-order valence-electron chi connectivity index (χ2n) is 10.5. The first-order chi connectivity index (χ1) is 15.6. The molecule has 0 atom stereocenters. The molecule has 0 saturated heterocycles. The highest BCUT2D eigenvalue weighted by Gasteiger charge is 2.16. The molecule has 0 aliphatic rings. The van der Waals surface area contributed by atoms with Crippen LogP contribution < -0.4 is 4.57 Å². The Bertz CT molecular complexity index is 1160. The smallest absolute Gasteiger partial charge is 0.210 e. The fourth-order valence-corrected chi connectivity index (χ4v) is 3.61. The summed E-state index contributed by atoms with van der Waals surface area (Å²) in [6, 6.07) is 21.5. The van der Waals surface area contributed by atoms with Crippen LogP contribution >= 0.6 is 0 Å². The molecular weight excluding hydrogens is 400 g/mol. The summed E-state index contributed by atoms with van der Waals surface area (Å²) in [5.41, 5.74) is 7.30. The summed E-state index contributed by atoms with van der Waals surface area (Å²) < 4.78 is 2.16. The largest absolute Gasteiger partial charge is 0.257 e. The minimum absolute atomic E-state index is 0.114. The zero-order valence-corrected chi connectivity index (χ0v) is 21.1. The van der Waals surface area contributed by atoms with Crippen molar-refractivity contribution in [3.8, 4) is 5.69 Å². The molecule has 2 nitrogen and oxygen atoms in total. The van der Waals surface area contributed by atoms with Crippen molar-refractivity contribution in [2.45, 2.75) is 59.3 Å². The summed E-state index contributed by atoms with van der Waals surface area (Å²) in [4.78, 5) is 4.69. The quantitative estimate of drug-likeness (QED) is 0.219. The Morgan fingerprint density at radius 3 is 2.00 bits per heavy atom. The molecule has 1 heterocycles. The maximum Gasteiger partial charge on any atom is 0.210 e. The molecule has 33 heavy (non-hydrogen) atoms. The van der Waals surface area contributed by atoms with Crippen molar-refractivity contribution in [2.24, 2.45) is 4.99 Å². The normalized spacial score (nSPS) is 13.2. The summed E-state index contributed by atoms with van der Waals surface area (Å²) in [7, 11) is 0. The van der Waals surface area contributed by atoms with Crippen molar-refractivity contribution in [1.29, 1.82) is 0 Å². The van der Waals surface area contributed by atoms with Gasteiger partial charge < -0.3 is 0 Å². The molecule has 170 valence electrons. The molecule has 0 radical (unpaired) electrons. The van der Waals surface area contributed by atoms with E-state index in [2.05, 4.69) is 136 Å². The monoisotopic (exact) mass is 437 g/mol. The van der Waals surface area contributed by atoms with Gasteiger partial charge in [-0.1, -0.05) is 78.0 Å². The zero-order valence-electron chi connectivity index (χ0n) is 21.1. The Morgan fingerprint density at radius 1 is 0.788 bits per heavy atom. The number of nitrogens with zero attached hydrogens (tertiary/aromatic N) is 2. The van der Waals surface area contributed by atoms with Crippen molar-refractivity contribution in [1.82, 2.24) is 0 Å². The number of rotatable bonds is 5. The van der Waals surface area contributed by atoms with E-state index in [4.69, 9.17) is 0 Å². The predicted molar refractivity (Wildman–Crippen MR) is 143 cm³/mol. The van der Waals surface area contributed by atoms with E-state index in [0.29, 0.717) is 0 Å². The second kappa shape index (κ2) is 10.1. The highest BCUT2D eigenvalue weighted by atomic mass is 14.9. The number of allylic oxidation sites excluding steroid dienone is 4. The third kappa shape index (κ3) is 6.61. The molecule has 0 aliphatic heterocycles. The number of hydrogen-bond donors (Lipinski definition) is 0. The predicted octanol–water partition coefficient (Wildman–Crippen LogP) is 7.92. The molecule has 0 aliphatic carbocycles. The van der Waals surface area contributed by atoms with Crippen LogP contribution in [0.2, 0.25) is 0 Å². The fraction of sp³-hybridized carbons (Fsp3) is 0.290. The van der Waals surface area contributed by atoms with Crippen molar-refractivity contribution in [3.05, 3.63) is 108 Å². The van der Waals surface area contributed by atoms with Crippen molar-refractivity contribution >= 4 is 17.5 Å². The Hall–Kier alpha value is -3.26. The van der Waals surface area contributed by atoms with Crippen LogP contribution in [0, 0.1) is 0 Å². The molecular formula is C31H37N2+. The lowest BCUT2D eigenvalue weighted by Gasteiger charge is -2.18. The number of aliphatic imine (C=N–C) groups is 1. The van der Waals surface area contributed by atoms with Gasteiger partial charge in [0, 0.05) is 30.5 Å². The van der Waals surface area contributed by atoms with Crippen LogP contribution in [0.4, 0.5) is 5.69 Å². The fourth-order valence-electron chi connectivity index (χ4n) is 3.61. The summed E-state index contributed by atoms with van der Waals surface area (Å²) >= 11 is 0. The van der Waals surface area contributed by atoms with Gasteiger partial charge in [0.05, 0.1) is 5.69 Å². The summed E-state index contributed by atoms with van der Waals surface area (Å²) in [6.07, 6.45) is 12.4. The molecule has 3 aromatic rings. The molecule has 0 unspecified atom stereocenters. The van der Waals surface area contributed by atoms with E-state index < -0.39 is 0 Å². The highest BCUT2D eigenvalue weighted by Crippen LogP contribution is 2.26. The Morgan fingerprint density at radius 2 is 1.39 bits per heavy atom. The van der Waals surface area contributed by atoms with Crippen LogP contribution in [-0.4, -0.2) is 6.21 Å². The maximum atomic E-state index is 4.69. The molecule has 2 aromatic carbocycles. The van der Waals surface area contributed by atoms with Crippen LogP contribution in [0.25, 0.3) is 11.3 Å². The Balaban J connectivity index is 1.85. The van der Waals surface area contributed by atoms with Crippen LogP contribution in [0.5, 0.6) is 0 Å². The molecule has 0 spiro atoms. The number of hydrogen-bond acceptors (Lipinski definition) is 1. The maximum absolute atomic E-state index is 4.69. The van der Waals surface area contributed by atoms with Gasteiger partial charge in [0.2, 0.25) is 5.69 Å². The average molecular weight is 438 g/mol. The van der Waals surface area contributed by atoms with Gasteiger partial charge in [-0.3, -0.25) is 4.99 Å². The van der Waals surface area contributed by atoms with Gasteiger partial charge in [0.15, 0.2) is 12.4 Å². The first kappa shape index (κ1) is 24.4. The van der Waals surface area contributed by atoms with Gasteiger partial charge in [0.25, 0.3) is 0 Å². The van der Waals surface area contributed by atoms with Crippen molar-refractivity contribution in [2.75, 3.05) is 0 Å². The zero-order chi connectivity index (χ0) is 24.1. The van der Waals surface area contributed by atoms with Crippen LogP contribution in [0.3, 0.4) is 0 Å². The molecule has 0 bridgehead atoms. The molecule has 0 saturated carbocycles. The molecule has 0 amide bonds. The van der Waals surface area contributed by atoms with Crippen LogP contribution in [0.1, 0.15) is 65.2 Å². The molecule has 3 rings (SSSR count). The van der Waals surface area contributed by atoms with E-state index in [1.54, 1.807) is 0 Å². The van der Waals surface area contributed by atoms with Gasteiger partial charge in [-0.25, -0.2) is 0 Å². The van der Waals surface area contributed by atoms with Gasteiger partial charge in [0.1, 0.15) is 0 Å².